The number of piperidine rings is 1. The number of benzene rings is 3. The second-order valence-electron chi connectivity index (χ2n) is 15.1. The van der Waals surface area contributed by atoms with Gasteiger partial charge in [-0.2, -0.15) is 0 Å². The number of anilines is 1. The lowest BCUT2D eigenvalue weighted by Crippen LogP contribution is -2.58. The van der Waals surface area contributed by atoms with E-state index in [1.54, 1.807) is 75.2 Å². The van der Waals surface area contributed by atoms with Crippen LogP contribution in [0.25, 0.3) is 0 Å². The Morgan fingerprint density at radius 1 is 1.06 bits per heavy atom. The first-order valence-corrected chi connectivity index (χ1v) is 21.2. The summed E-state index contributed by atoms with van der Waals surface area (Å²) in [4.78, 5) is 48.3. The summed E-state index contributed by atoms with van der Waals surface area (Å²) in [5.41, 5.74) is 3.52. The van der Waals surface area contributed by atoms with E-state index in [4.69, 9.17) is 32.8 Å². The van der Waals surface area contributed by atoms with Gasteiger partial charge in [0.2, 0.25) is 17.7 Å². The average molecular weight is 745 g/mol. The minimum Gasteiger partial charge on any atom is -0.385 e. The van der Waals surface area contributed by atoms with E-state index in [1.807, 2.05) is 13.0 Å². The van der Waals surface area contributed by atoms with E-state index in [-0.39, 0.29) is 31.2 Å². The van der Waals surface area contributed by atoms with Crippen molar-refractivity contribution in [1.82, 2.24) is 10.4 Å². The number of nitrogens with zero attached hydrogens (tertiary/aromatic N) is 1. The van der Waals surface area contributed by atoms with E-state index < -0.39 is 42.8 Å². The fourth-order valence-electron chi connectivity index (χ4n) is 6.59. The number of rotatable bonds is 9. The largest absolute Gasteiger partial charge is 0.385 e. The number of carbonyl (C=O) groups excluding carboxylic acids is 3. The van der Waals surface area contributed by atoms with Crippen LogP contribution in [0.2, 0.25) is 35.7 Å². The standard InChI is InChI=1S/C32H32Cl2FN3O4.C6H16OSi/c1-18-8-10-22(35)16-23(18)25-17-28(40)38(13-12-27(39)37-42-31(2,3)4)29(19-6-5-7-20(33)14-19)32(25)24-11-9-21(34)15-26(24)36-30(32)41;1-7-5-6-8(2,3)4/h5-11,14-16,25,29H,12-13,17H2,1-4H3,(H,36,41)(H,37,39);5-6H2,1-4H3/t25-,29+,32-;/m1./s1. The summed E-state index contributed by atoms with van der Waals surface area (Å²) in [7, 11) is 0.961. The molecule has 0 aromatic heterocycles. The number of nitrogens with one attached hydrogen (secondary N) is 2. The second kappa shape index (κ2) is 15.9. The predicted molar refractivity (Wildman–Crippen MR) is 200 cm³/mol. The first kappa shape index (κ1) is 39.5. The molecule has 2 aliphatic rings. The predicted octanol–water partition coefficient (Wildman–Crippen LogP) is 8.60. The van der Waals surface area contributed by atoms with Crippen molar-refractivity contribution in [3.05, 3.63) is 98.8 Å². The van der Waals surface area contributed by atoms with Gasteiger partial charge in [-0.3, -0.25) is 19.2 Å². The third-order valence-electron chi connectivity index (χ3n) is 8.93. The lowest BCUT2D eigenvalue weighted by molar-refractivity contribution is -0.149. The minimum atomic E-state index is -1.39. The molecular formula is C38H48Cl2FN3O5Si. The summed E-state index contributed by atoms with van der Waals surface area (Å²) < 4.78 is 19.7. The van der Waals surface area contributed by atoms with Crippen molar-refractivity contribution in [3.8, 4) is 0 Å². The van der Waals surface area contributed by atoms with E-state index >= 15 is 0 Å². The zero-order valence-electron chi connectivity index (χ0n) is 30.1. The van der Waals surface area contributed by atoms with Crippen molar-refractivity contribution in [3.63, 3.8) is 0 Å². The van der Waals surface area contributed by atoms with Crippen LogP contribution < -0.4 is 10.8 Å². The van der Waals surface area contributed by atoms with Crippen molar-refractivity contribution >= 4 is 54.7 Å². The molecule has 1 saturated heterocycles. The normalized spacial score (nSPS) is 20.3. The van der Waals surface area contributed by atoms with Crippen molar-refractivity contribution < 1.29 is 28.3 Å². The van der Waals surface area contributed by atoms with Gasteiger partial charge in [-0.05, 0) is 92.4 Å². The van der Waals surface area contributed by atoms with Gasteiger partial charge in [-0.15, -0.1) is 0 Å². The summed E-state index contributed by atoms with van der Waals surface area (Å²) in [6.07, 6.45) is -0.162. The number of aryl methyl sites for hydroxylation is 1. The topological polar surface area (TPSA) is 97.0 Å². The van der Waals surface area contributed by atoms with Gasteiger partial charge >= 0.3 is 0 Å². The lowest BCUT2D eigenvalue weighted by Gasteiger charge is -2.52. The maximum absolute atomic E-state index is 14.7. The molecule has 3 atom stereocenters. The molecule has 0 bridgehead atoms. The SMILES string of the molecule is COCC[Si](C)(C)C.Cc1ccc(F)cc1[C@H]1CC(=O)N(CCC(=O)NOC(C)(C)C)[C@@H](c2cccc(Cl)c2)[C@]12C(=O)Nc1cc(Cl)ccc12. The van der Waals surface area contributed by atoms with Gasteiger partial charge < -0.3 is 15.0 Å². The lowest BCUT2D eigenvalue weighted by atomic mass is 9.58. The molecule has 2 heterocycles. The molecule has 2 N–H and O–H groups in total. The molecule has 3 amide bonds. The molecule has 270 valence electrons. The van der Waals surface area contributed by atoms with Gasteiger partial charge in [0.25, 0.3) is 0 Å². The molecule has 1 fully saturated rings. The van der Waals surface area contributed by atoms with Gasteiger partial charge in [0.15, 0.2) is 0 Å². The second-order valence-corrected chi connectivity index (χ2v) is 21.6. The highest BCUT2D eigenvalue weighted by molar-refractivity contribution is 6.76. The smallest absolute Gasteiger partial charge is 0.245 e. The molecule has 8 nitrogen and oxygen atoms in total. The molecule has 3 aromatic rings. The molecule has 0 saturated carbocycles. The average Bonchev–Trinajstić information content (AvgIpc) is 3.30. The van der Waals surface area contributed by atoms with E-state index in [0.29, 0.717) is 32.4 Å². The van der Waals surface area contributed by atoms with Crippen molar-refractivity contribution in [2.75, 3.05) is 25.6 Å². The molecule has 0 radical (unpaired) electrons. The van der Waals surface area contributed by atoms with Crippen LogP contribution in [-0.2, 0) is 29.4 Å². The van der Waals surface area contributed by atoms with Gasteiger partial charge in [0.1, 0.15) is 11.2 Å². The molecule has 0 unspecified atom stereocenters. The summed E-state index contributed by atoms with van der Waals surface area (Å²) in [5, 5.41) is 3.85. The highest BCUT2D eigenvalue weighted by Crippen LogP contribution is 2.60. The Labute approximate surface area is 306 Å². The Morgan fingerprint density at radius 3 is 2.38 bits per heavy atom. The first-order chi connectivity index (χ1) is 23.4. The molecule has 3 aromatic carbocycles. The monoisotopic (exact) mass is 743 g/mol. The fraction of sp³-hybridized carbons (Fsp3) is 0.447. The Balaban J connectivity index is 0.000000627. The van der Waals surface area contributed by atoms with Crippen LogP contribution in [0.4, 0.5) is 10.1 Å². The zero-order chi connectivity index (χ0) is 37.0. The Bertz CT molecular complexity index is 1730. The molecule has 12 heteroatoms. The number of hydrogen-bond acceptors (Lipinski definition) is 5. The Hall–Kier alpha value is -3.28. The van der Waals surface area contributed by atoms with E-state index in [2.05, 4.69) is 30.4 Å². The minimum absolute atomic E-state index is 0.00214. The number of halogens is 3. The van der Waals surface area contributed by atoms with Gasteiger partial charge in [0.05, 0.1) is 11.6 Å². The van der Waals surface area contributed by atoms with Crippen LogP contribution in [0, 0.1) is 12.7 Å². The number of hydroxylamine groups is 1. The molecular weight excluding hydrogens is 696 g/mol. The summed E-state index contributed by atoms with van der Waals surface area (Å²) in [6, 6.07) is 17.0. The fourth-order valence-corrected chi connectivity index (χ4v) is 7.77. The quantitative estimate of drug-likeness (QED) is 0.169. The Kier molecular flexibility index (Phi) is 12.6. The Morgan fingerprint density at radius 2 is 1.76 bits per heavy atom. The van der Waals surface area contributed by atoms with Crippen LogP contribution in [0.5, 0.6) is 0 Å². The number of hydrogen-bond donors (Lipinski definition) is 2. The molecule has 2 aliphatic heterocycles. The first-order valence-electron chi connectivity index (χ1n) is 16.8. The van der Waals surface area contributed by atoms with Crippen molar-refractivity contribution in [2.24, 2.45) is 0 Å². The van der Waals surface area contributed by atoms with Crippen LogP contribution in [-0.4, -0.2) is 56.6 Å². The van der Waals surface area contributed by atoms with E-state index in [0.717, 1.165) is 12.2 Å². The number of amides is 3. The maximum atomic E-state index is 14.7. The number of carbonyl (C=O) groups is 3. The van der Waals surface area contributed by atoms with Crippen LogP contribution in [0.3, 0.4) is 0 Å². The van der Waals surface area contributed by atoms with Crippen LogP contribution in [0.15, 0.2) is 60.7 Å². The van der Waals surface area contributed by atoms with E-state index in [9.17, 15) is 18.8 Å². The molecule has 0 aliphatic carbocycles. The van der Waals surface area contributed by atoms with Gasteiger partial charge in [-0.1, -0.05) is 67.1 Å². The summed E-state index contributed by atoms with van der Waals surface area (Å²) >= 11 is 12.8. The summed E-state index contributed by atoms with van der Waals surface area (Å²) in [6.45, 7) is 15.2. The van der Waals surface area contributed by atoms with E-state index in [1.165, 1.54) is 18.2 Å². The van der Waals surface area contributed by atoms with Crippen molar-refractivity contribution in [2.45, 2.75) is 89.2 Å². The molecule has 1 spiro atoms. The third kappa shape index (κ3) is 9.14. The number of fused-ring (bicyclic) bond motifs is 2. The number of likely N-dealkylation sites (tertiary alicyclic amines) is 1. The zero-order valence-corrected chi connectivity index (χ0v) is 32.6. The van der Waals surface area contributed by atoms with Crippen molar-refractivity contribution in [1.29, 1.82) is 0 Å². The summed E-state index contributed by atoms with van der Waals surface area (Å²) in [5.74, 6) is -2.25. The maximum Gasteiger partial charge on any atom is 0.245 e. The van der Waals surface area contributed by atoms with Gasteiger partial charge in [-0.25, -0.2) is 9.87 Å². The third-order valence-corrected chi connectivity index (χ3v) is 11.1. The molecule has 50 heavy (non-hydrogen) atoms. The highest BCUT2D eigenvalue weighted by atomic mass is 35.5. The van der Waals surface area contributed by atoms with Crippen LogP contribution in [0.1, 0.15) is 67.8 Å². The van der Waals surface area contributed by atoms with Crippen LogP contribution >= 0.6 is 23.2 Å². The number of methoxy groups -OCH3 is 1. The van der Waals surface area contributed by atoms with Gasteiger partial charge in [0, 0.05) is 62.8 Å². The molecule has 5 rings (SSSR count). The number of ether oxygens (including phenoxy) is 1. The highest BCUT2D eigenvalue weighted by Gasteiger charge is 2.63.